The zero-order chi connectivity index (χ0) is 15.3. The lowest BCUT2D eigenvalue weighted by atomic mass is 9.98. The van der Waals surface area contributed by atoms with E-state index in [0.717, 1.165) is 25.7 Å². The second-order valence-electron chi connectivity index (χ2n) is 6.58. The van der Waals surface area contributed by atoms with E-state index in [1.807, 2.05) is 18.5 Å². The fraction of sp³-hybridized carbons (Fsp3) is 0.786. The van der Waals surface area contributed by atoms with Gasteiger partial charge in [0.2, 0.25) is 5.82 Å². The van der Waals surface area contributed by atoms with Crippen LogP contribution in [0.15, 0.2) is 0 Å². The van der Waals surface area contributed by atoms with Crippen molar-refractivity contribution in [2.75, 3.05) is 4.90 Å². The first kappa shape index (κ1) is 14.3. The molecule has 2 saturated heterocycles. The van der Waals surface area contributed by atoms with E-state index in [1.54, 1.807) is 6.92 Å². The second kappa shape index (κ2) is 4.98. The van der Waals surface area contributed by atoms with Gasteiger partial charge in [0.25, 0.3) is 0 Å². The fourth-order valence-electron chi connectivity index (χ4n) is 3.91. The third-order valence-corrected chi connectivity index (χ3v) is 4.72. The molecular weight excluding hydrogens is 270 g/mol. The molecule has 3 heterocycles. The van der Waals surface area contributed by atoms with E-state index < -0.39 is 0 Å². The predicted octanol–water partition coefficient (Wildman–Crippen LogP) is 2.14. The van der Waals surface area contributed by atoms with Gasteiger partial charge in [-0.1, -0.05) is 0 Å². The summed E-state index contributed by atoms with van der Waals surface area (Å²) in [5.41, 5.74) is 6.77. The number of hydrogen-bond acceptors (Lipinski definition) is 5. The van der Waals surface area contributed by atoms with Gasteiger partial charge in [-0.2, -0.15) is 5.10 Å². The van der Waals surface area contributed by atoms with Crippen LogP contribution >= 0.6 is 0 Å². The molecule has 2 aliphatic rings. The molecular formula is C14H23N5O2. The summed E-state index contributed by atoms with van der Waals surface area (Å²) in [5, 5.41) is 15.9. The SMILES string of the molecule is Cc1nn(C(C)C)c(N2C3CCC2CC(N)C3)c1[N+](=O)[O-]. The normalized spacial score (nSPS) is 28.4. The zero-order valence-electron chi connectivity index (χ0n) is 12.8. The van der Waals surface area contributed by atoms with E-state index in [2.05, 4.69) is 10.00 Å². The highest BCUT2D eigenvalue weighted by Gasteiger charge is 2.45. The van der Waals surface area contributed by atoms with Crippen LogP contribution < -0.4 is 10.6 Å². The van der Waals surface area contributed by atoms with Gasteiger partial charge in [0.1, 0.15) is 5.69 Å². The number of aromatic nitrogens is 2. The lowest BCUT2D eigenvalue weighted by Gasteiger charge is -2.39. The van der Waals surface area contributed by atoms with E-state index in [1.165, 1.54) is 0 Å². The van der Waals surface area contributed by atoms with Gasteiger partial charge in [-0.15, -0.1) is 0 Å². The van der Waals surface area contributed by atoms with Crippen LogP contribution in [0, 0.1) is 17.0 Å². The first-order valence-electron chi connectivity index (χ1n) is 7.67. The maximum atomic E-state index is 11.5. The van der Waals surface area contributed by atoms with Crippen molar-refractivity contribution in [2.45, 2.75) is 70.6 Å². The molecule has 1 aromatic rings. The molecule has 2 aliphatic heterocycles. The Bertz CT molecular complexity index is 554. The lowest BCUT2D eigenvalue weighted by Crippen LogP contribution is -2.48. The maximum absolute atomic E-state index is 11.5. The van der Waals surface area contributed by atoms with Crippen molar-refractivity contribution >= 4 is 11.5 Å². The molecule has 0 saturated carbocycles. The molecule has 0 aromatic carbocycles. The topological polar surface area (TPSA) is 90.2 Å². The van der Waals surface area contributed by atoms with E-state index in [9.17, 15) is 10.1 Å². The Kier molecular flexibility index (Phi) is 3.39. The largest absolute Gasteiger partial charge is 0.345 e. The van der Waals surface area contributed by atoms with Gasteiger partial charge < -0.3 is 10.6 Å². The Labute approximate surface area is 124 Å². The van der Waals surface area contributed by atoms with Crippen molar-refractivity contribution in [3.63, 3.8) is 0 Å². The van der Waals surface area contributed by atoms with Crippen LogP contribution in [0.5, 0.6) is 0 Å². The number of nitrogens with two attached hydrogens (primary N) is 1. The molecule has 1 aromatic heterocycles. The quantitative estimate of drug-likeness (QED) is 0.681. The van der Waals surface area contributed by atoms with Gasteiger partial charge in [-0.3, -0.25) is 10.1 Å². The van der Waals surface area contributed by atoms with E-state index in [0.29, 0.717) is 23.6 Å². The molecule has 3 rings (SSSR count). The number of rotatable bonds is 3. The first-order valence-corrected chi connectivity index (χ1v) is 7.67. The summed E-state index contributed by atoms with van der Waals surface area (Å²) in [6, 6.07) is 0.939. The highest BCUT2D eigenvalue weighted by atomic mass is 16.6. The molecule has 2 N–H and O–H groups in total. The minimum Gasteiger partial charge on any atom is -0.345 e. The molecule has 7 nitrogen and oxygen atoms in total. The van der Waals surface area contributed by atoms with Crippen molar-refractivity contribution in [3.05, 3.63) is 15.8 Å². The van der Waals surface area contributed by atoms with Crippen molar-refractivity contribution in [3.8, 4) is 0 Å². The highest BCUT2D eigenvalue weighted by molar-refractivity contribution is 5.63. The Morgan fingerprint density at radius 3 is 2.38 bits per heavy atom. The van der Waals surface area contributed by atoms with Gasteiger partial charge in [-0.25, -0.2) is 4.68 Å². The standard InChI is InChI=1S/C14H23N5O2/c1-8(2)18-14(13(19(20)21)9(3)16-18)17-11-4-5-12(17)7-10(15)6-11/h8,10-12H,4-7,15H2,1-3H3. The molecule has 2 unspecified atom stereocenters. The van der Waals surface area contributed by atoms with Crippen molar-refractivity contribution in [2.24, 2.45) is 5.73 Å². The molecule has 0 radical (unpaired) electrons. The average molecular weight is 293 g/mol. The summed E-state index contributed by atoms with van der Waals surface area (Å²) in [4.78, 5) is 13.5. The molecule has 0 spiro atoms. The fourth-order valence-corrected chi connectivity index (χ4v) is 3.91. The van der Waals surface area contributed by atoms with Crippen LogP contribution in [-0.2, 0) is 0 Å². The summed E-state index contributed by atoms with van der Waals surface area (Å²) in [6.45, 7) is 5.74. The van der Waals surface area contributed by atoms with E-state index >= 15 is 0 Å². The summed E-state index contributed by atoms with van der Waals surface area (Å²) in [5.74, 6) is 0.687. The number of aryl methyl sites for hydroxylation is 1. The minimum atomic E-state index is -0.287. The number of anilines is 1. The third kappa shape index (κ3) is 2.19. The van der Waals surface area contributed by atoms with Crippen molar-refractivity contribution < 1.29 is 4.92 Å². The smallest absolute Gasteiger partial charge is 0.333 e. The van der Waals surface area contributed by atoms with E-state index in [-0.39, 0.29) is 22.7 Å². The summed E-state index contributed by atoms with van der Waals surface area (Å²) in [7, 11) is 0. The molecule has 0 amide bonds. The molecule has 116 valence electrons. The average Bonchev–Trinajstić information content (AvgIpc) is 2.84. The first-order chi connectivity index (χ1) is 9.90. The third-order valence-electron chi connectivity index (χ3n) is 4.72. The zero-order valence-corrected chi connectivity index (χ0v) is 12.8. The summed E-state index contributed by atoms with van der Waals surface area (Å²) >= 11 is 0. The molecule has 2 bridgehead atoms. The number of piperidine rings is 1. The second-order valence-corrected chi connectivity index (χ2v) is 6.58. The minimum absolute atomic E-state index is 0.0994. The maximum Gasteiger partial charge on any atom is 0.333 e. The number of nitro groups is 1. The van der Waals surface area contributed by atoms with Crippen molar-refractivity contribution in [1.29, 1.82) is 0 Å². The number of hydrogen-bond donors (Lipinski definition) is 1. The lowest BCUT2D eigenvalue weighted by molar-refractivity contribution is -0.384. The summed E-state index contributed by atoms with van der Waals surface area (Å²) < 4.78 is 1.82. The van der Waals surface area contributed by atoms with Gasteiger partial charge >= 0.3 is 5.69 Å². The van der Waals surface area contributed by atoms with Crippen molar-refractivity contribution in [1.82, 2.24) is 9.78 Å². The number of nitrogens with zero attached hydrogens (tertiary/aromatic N) is 4. The molecule has 7 heteroatoms. The van der Waals surface area contributed by atoms with Crippen LogP contribution in [0.1, 0.15) is 51.3 Å². The van der Waals surface area contributed by atoms with Crippen LogP contribution in [0.3, 0.4) is 0 Å². The van der Waals surface area contributed by atoms with Crippen LogP contribution in [0.2, 0.25) is 0 Å². The molecule has 2 atom stereocenters. The number of fused-ring (bicyclic) bond motifs is 2. The molecule has 21 heavy (non-hydrogen) atoms. The predicted molar refractivity (Wildman–Crippen MR) is 80.5 cm³/mol. The van der Waals surface area contributed by atoms with Gasteiger partial charge in [0.05, 0.1) is 4.92 Å². The Balaban J connectivity index is 2.11. The summed E-state index contributed by atoms with van der Waals surface area (Å²) in [6.07, 6.45) is 3.96. The highest BCUT2D eigenvalue weighted by Crippen LogP contribution is 2.44. The van der Waals surface area contributed by atoms with Gasteiger partial charge in [-0.05, 0) is 46.5 Å². The van der Waals surface area contributed by atoms with Crippen LogP contribution in [0.4, 0.5) is 11.5 Å². The molecule has 0 aliphatic carbocycles. The molecule has 2 fully saturated rings. The van der Waals surface area contributed by atoms with Gasteiger partial charge in [0, 0.05) is 24.2 Å². The van der Waals surface area contributed by atoms with Gasteiger partial charge in [0.15, 0.2) is 0 Å². The van der Waals surface area contributed by atoms with E-state index in [4.69, 9.17) is 5.73 Å². The van der Waals surface area contributed by atoms with Crippen LogP contribution in [-0.4, -0.2) is 32.8 Å². The Morgan fingerprint density at radius 2 is 1.90 bits per heavy atom. The Hall–Kier alpha value is -1.63. The van der Waals surface area contributed by atoms with Crippen LogP contribution in [0.25, 0.3) is 0 Å². The monoisotopic (exact) mass is 293 g/mol. The Morgan fingerprint density at radius 1 is 1.33 bits per heavy atom.